The third-order valence-electron chi connectivity index (χ3n) is 2.33. The van der Waals surface area contributed by atoms with Crippen LogP contribution >= 0.6 is 12.6 Å². The summed E-state index contributed by atoms with van der Waals surface area (Å²) in [4.78, 5) is 25.9. The second kappa shape index (κ2) is 4.68. The van der Waals surface area contributed by atoms with Crippen LogP contribution < -0.4 is 0 Å². The lowest BCUT2D eigenvalue weighted by Crippen LogP contribution is -2.34. The molecule has 0 saturated carbocycles. The van der Waals surface area contributed by atoms with Gasteiger partial charge < -0.3 is 4.90 Å². The number of thiol groups is 1. The lowest BCUT2D eigenvalue weighted by molar-refractivity contribution is -0.126. The van der Waals surface area contributed by atoms with Crippen molar-refractivity contribution >= 4 is 24.6 Å². The molecule has 1 unspecified atom stereocenters. The van der Waals surface area contributed by atoms with Gasteiger partial charge in [-0.3, -0.25) is 9.69 Å². The first kappa shape index (κ1) is 11.4. The molecular weight excluding hydrogens is 200 g/mol. The number of unbranched alkanes of at least 4 members (excludes halogenated alkanes) is 1. The van der Waals surface area contributed by atoms with Crippen molar-refractivity contribution in [3.05, 3.63) is 0 Å². The summed E-state index contributed by atoms with van der Waals surface area (Å²) in [6.45, 7) is 4.89. The highest BCUT2D eigenvalue weighted by molar-refractivity contribution is 7.81. The van der Waals surface area contributed by atoms with E-state index in [9.17, 15) is 9.59 Å². The molecule has 1 saturated heterocycles. The van der Waals surface area contributed by atoms with E-state index < -0.39 is 5.37 Å². The summed E-state index contributed by atoms with van der Waals surface area (Å²) < 4.78 is 0. The van der Waals surface area contributed by atoms with E-state index in [0.29, 0.717) is 13.1 Å². The summed E-state index contributed by atoms with van der Waals surface area (Å²) in [5.41, 5.74) is 0. The van der Waals surface area contributed by atoms with Gasteiger partial charge in [0.15, 0.2) is 5.37 Å². The molecule has 1 atom stereocenters. The van der Waals surface area contributed by atoms with E-state index in [0.717, 1.165) is 12.8 Å². The highest BCUT2D eigenvalue weighted by Gasteiger charge is 2.41. The van der Waals surface area contributed by atoms with E-state index in [1.165, 1.54) is 9.80 Å². The van der Waals surface area contributed by atoms with Gasteiger partial charge in [-0.1, -0.05) is 13.3 Å². The monoisotopic (exact) mass is 216 g/mol. The van der Waals surface area contributed by atoms with Gasteiger partial charge in [-0.2, -0.15) is 0 Å². The molecule has 0 aromatic heterocycles. The minimum absolute atomic E-state index is 0.197. The van der Waals surface area contributed by atoms with Crippen LogP contribution in [0.4, 0.5) is 4.79 Å². The molecule has 1 aliphatic rings. The maximum absolute atomic E-state index is 11.6. The normalized spacial score (nSPS) is 22.4. The Kier molecular flexibility index (Phi) is 3.80. The van der Waals surface area contributed by atoms with Gasteiger partial charge in [0.05, 0.1) is 0 Å². The molecule has 0 bridgehead atoms. The summed E-state index contributed by atoms with van der Waals surface area (Å²) in [5, 5.41) is -0.575. The molecule has 1 rings (SSSR count). The van der Waals surface area contributed by atoms with Crippen LogP contribution in [0.25, 0.3) is 0 Å². The fourth-order valence-corrected chi connectivity index (χ4v) is 1.82. The van der Waals surface area contributed by atoms with E-state index in [1.807, 2.05) is 6.92 Å². The van der Waals surface area contributed by atoms with E-state index in [4.69, 9.17) is 0 Å². The van der Waals surface area contributed by atoms with Crippen LogP contribution in [0.1, 0.15) is 26.7 Å². The molecule has 0 aromatic rings. The molecular formula is C9H16N2O2S. The maximum Gasteiger partial charge on any atom is 0.328 e. The third-order valence-corrected chi connectivity index (χ3v) is 2.83. The number of hydrogen-bond acceptors (Lipinski definition) is 3. The summed E-state index contributed by atoms with van der Waals surface area (Å²) in [6, 6.07) is -0.203. The van der Waals surface area contributed by atoms with Crippen molar-refractivity contribution in [1.29, 1.82) is 0 Å². The van der Waals surface area contributed by atoms with Crippen LogP contribution in [-0.4, -0.2) is 40.2 Å². The maximum atomic E-state index is 11.6. The number of carbonyl (C=O) groups is 2. The first-order chi connectivity index (χ1) is 6.63. The van der Waals surface area contributed by atoms with Crippen molar-refractivity contribution in [3.63, 3.8) is 0 Å². The van der Waals surface area contributed by atoms with E-state index in [1.54, 1.807) is 6.92 Å². The molecule has 1 fully saturated rings. The molecule has 1 aliphatic heterocycles. The fraction of sp³-hybridized carbons (Fsp3) is 0.778. The first-order valence-electron chi connectivity index (χ1n) is 4.93. The second-order valence-electron chi connectivity index (χ2n) is 3.29. The smallest absolute Gasteiger partial charge is 0.303 e. The highest BCUT2D eigenvalue weighted by atomic mass is 32.1. The second-order valence-corrected chi connectivity index (χ2v) is 3.77. The predicted octanol–water partition coefficient (Wildman–Crippen LogP) is 1.33. The number of nitrogens with zero attached hydrogens (tertiary/aromatic N) is 2. The molecule has 5 heteroatoms. The summed E-state index contributed by atoms with van der Waals surface area (Å²) >= 11 is 4.14. The largest absolute Gasteiger partial charge is 0.328 e. The molecule has 80 valence electrons. The molecule has 3 amide bonds. The Labute approximate surface area is 89.7 Å². The Morgan fingerprint density at radius 2 is 2.00 bits per heavy atom. The number of hydrogen-bond donors (Lipinski definition) is 1. The number of likely N-dealkylation sites (N-methyl/N-ethyl adjacent to an activating group) is 1. The van der Waals surface area contributed by atoms with Gasteiger partial charge in [0.1, 0.15) is 0 Å². The minimum Gasteiger partial charge on any atom is -0.303 e. The molecule has 0 aliphatic carbocycles. The van der Waals surface area contributed by atoms with Gasteiger partial charge >= 0.3 is 6.03 Å². The molecule has 0 N–H and O–H groups in total. The van der Waals surface area contributed by atoms with Crippen LogP contribution in [0.5, 0.6) is 0 Å². The van der Waals surface area contributed by atoms with E-state index in [2.05, 4.69) is 12.6 Å². The first-order valence-corrected chi connectivity index (χ1v) is 5.45. The van der Waals surface area contributed by atoms with Gasteiger partial charge in [-0.05, 0) is 13.3 Å². The topological polar surface area (TPSA) is 40.6 Å². The average molecular weight is 216 g/mol. The lowest BCUT2D eigenvalue weighted by Gasteiger charge is -2.17. The SMILES string of the molecule is CCCCN1C(=O)N(CC)C(=O)C1S. The number of amides is 3. The zero-order chi connectivity index (χ0) is 10.7. The van der Waals surface area contributed by atoms with Crippen molar-refractivity contribution in [2.75, 3.05) is 13.1 Å². The molecule has 0 aromatic carbocycles. The van der Waals surface area contributed by atoms with Crippen molar-refractivity contribution in [3.8, 4) is 0 Å². The Hall–Kier alpha value is -0.710. The van der Waals surface area contributed by atoms with E-state index >= 15 is 0 Å². The molecule has 1 heterocycles. The predicted molar refractivity (Wildman–Crippen MR) is 57.2 cm³/mol. The third kappa shape index (κ3) is 1.87. The van der Waals surface area contributed by atoms with Gasteiger partial charge in [-0.15, -0.1) is 12.6 Å². The van der Waals surface area contributed by atoms with Gasteiger partial charge in [0.2, 0.25) is 0 Å². The Morgan fingerprint density at radius 1 is 1.36 bits per heavy atom. The summed E-state index contributed by atoms with van der Waals surface area (Å²) in [6.07, 6.45) is 1.91. The average Bonchev–Trinajstić information content (AvgIpc) is 2.37. The van der Waals surface area contributed by atoms with E-state index in [-0.39, 0.29) is 11.9 Å². The fourth-order valence-electron chi connectivity index (χ4n) is 1.46. The van der Waals surface area contributed by atoms with Crippen molar-refractivity contribution in [2.24, 2.45) is 0 Å². The zero-order valence-electron chi connectivity index (χ0n) is 8.56. The Morgan fingerprint density at radius 3 is 2.43 bits per heavy atom. The standard InChI is InChI=1S/C9H16N2O2S/c1-3-5-6-11-8(14)7(12)10(4-2)9(11)13/h8,14H,3-6H2,1-2H3. The van der Waals surface area contributed by atoms with Gasteiger partial charge in [0, 0.05) is 13.1 Å². The Balaban J connectivity index is 2.68. The minimum atomic E-state index is -0.575. The van der Waals surface area contributed by atoms with Crippen LogP contribution in [0.15, 0.2) is 0 Å². The van der Waals surface area contributed by atoms with Gasteiger partial charge in [0.25, 0.3) is 5.91 Å². The lowest BCUT2D eigenvalue weighted by atomic mass is 10.3. The highest BCUT2D eigenvalue weighted by Crippen LogP contribution is 2.20. The molecule has 0 radical (unpaired) electrons. The molecule has 0 spiro atoms. The summed E-state index contributed by atoms with van der Waals surface area (Å²) in [5.74, 6) is -0.197. The van der Waals surface area contributed by atoms with Crippen molar-refractivity contribution in [1.82, 2.24) is 9.80 Å². The van der Waals surface area contributed by atoms with Crippen molar-refractivity contribution in [2.45, 2.75) is 32.1 Å². The number of carbonyl (C=O) groups excluding carboxylic acids is 2. The quantitative estimate of drug-likeness (QED) is 0.569. The zero-order valence-corrected chi connectivity index (χ0v) is 9.46. The summed E-state index contributed by atoms with van der Waals surface area (Å²) in [7, 11) is 0. The van der Waals surface area contributed by atoms with Crippen LogP contribution in [0.2, 0.25) is 0 Å². The molecule has 4 nitrogen and oxygen atoms in total. The number of urea groups is 1. The van der Waals surface area contributed by atoms with Gasteiger partial charge in [-0.25, -0.2) is 4.79 Å². The number of rotatable bonds is 4. The van der Waals surface area contributed by atoms with Crippen LogP contribution in [-0.2, 0) is 4.79 Å². The van der Waals surface area contributed by atoms with Crippen LogP contribution in [0, 0.1) is 0 Å². The number of imide groups is 1. The van der Waals surface area contributed by atoms with Crippen LogP contribution in [0.3, 0.4) is 0 Å². The van der Waals surface area contributed by atoms with Crippen molar-refractivity contribution < 1.29 is 9.59 Å². The Bertz CT molecular complexity index is 245. The molecule has 14 heavy (non-hydrogen) atoms.